The molecule has 0 radical (unpaired) electrons. The molecule has 0 unspecified atom stereocenters. The first-order valence-electron chi connectivity index (χ1n) is 6.81. The van der Waals surface area contributed by atoms with Crippen LogP contribution in [0.5, 0.6) is 5.75 Å². The van der Waals surface area contributed by atoms with Gasteiger partial charge in [0.25, 0.3) is 0 Å². The zero-order valence-electron chi connectivity index (χ0n) is 12.6. The summed E-state index contributed by atoms with van der Waals surface area (Å²) >= 11 is 0. The first-order chi connectivity index (χ1) is 11.0. The summed E-state index contributed by atoms with van der Waals surface area (Å²) in [5, 5.41) is 2.06. The third-order valence-electron chi connectivity index (χ3n) is 2.54. The number of hydrogen-bond donors (Lipinski definition) is 1. The number of halogens is 6. The molecular weight excluding hydrogens is 344 g/mol. The van der Waals surface area contributed by atoms with Crippen molar-refractivity contribution in [3.8, 4) is 5.75 Å². The van der Waals surface area contributed by atoms with Gasteiger partial charge in [0.05, 0.1) is 17.9 Å². The number of carbonyl (C=O) groups excluding carboxylic acids is 1. The van der Waals surface area contributed by atoms with Crippen molar-refractivity contribution in [3.05, 3.63) is 23.8 Å². The Morgan fingerprint density at radius 1 is 1.17 bits per heavy atom. The monoisotopic (exact) mass is 359 g/mol. The van der Waals surface area contributed by atoms with Crippen LogP contribution in [0.4, 0.5) is 32.0 Å². The van der Waals surface area contributed by atoms with E-state index in [9.17, 15) is 31.1 Å². The molecule has 1 rings (SSSR count). The van der Waals surface area contributed by atoms with Gasteiger partial charge in [-0.1, -0.05) is 6.92 Å². The first-order valence-corrected chi connectivity index (χ1v) is 6.81. The largest absolute Gasteiger partial charge is 0.491 e. The molecule has 1 aromatic rings. The molecule has 4 nitrogen and oxygen atoms in total. The van der Waals surface area contributed by atoms with Crippen LogP contribution in [0.1, 0.15) is 18.9 Å². The Bertz CT molecular complexity index is 556. The van der Waals surface area contributed by atoms with Crippen LogP contribution in [0, 0.1) is 0 Å². The van der Waals surface area contributed by atoms with Crippen molar-refractivity contribution in [1.82, 2.24) is 0 Å². The van der Waals surface area contributed by atoms with E-state index in [2.05, 4.69) is 10.1 Å². The number of amides is 1. The van der Waals surface area contributed by atoms with Crippen LogP contribution in [0.25, 0.3) is 0 Å². The van der Waals surface area contributed by atoms with Gasteiger partial charge in [-0.25, -0.2) is 0 Å². The van der Waals surface area contributed by atoms with Crippen LogP contribution in [0.2, 0.25) is 0 Å². The maximum atomic E-state index is 12.7. The molecule has 136 valence electrons. The summed E-state index contributed by atoms with van der Waals surface area (Å²) in [5.41, 5.74) is -1.32. The lowest BCUT2D eigenvalue weighted by molar-refractivity contribution is -0.174. The molecule has 0 aromatic heterocycles. The molecule has 0 heterocycles. The van der Waals surface area contributed by atoms with Crippen molar-refractivity contribution in [2.45, 2.75) is 25.7 Å². The number of carbonyl (C=O) groups is 1. The first kappa shape index (κ1) is 20.1. The highest BCUT2D eigenvalue weighted by Gasteiger charge is 2.31. The van der Waals surface area contributed by atoms with E-state index in [0.29, 0.717) is 12.5 Å². The Morgan fingerprint density at radius 2 is 1.83 bits per heavy atom. The fourth-order valence-corrected chi connectivity index (χ4v) is 1.59. The summed E-state index contributed by atoms with van der Waals surface area (Å²) < 4.78 is 83.3. The maximum Gasteiger partial charge on any atom is 0.416 e. The molecule has 0 saturated carbocycles. The molecule has 0 spiro atoms. The molecule has 0 fully saturated rings. The number of benzene rings is 1. The molecule has 0 bridgehead atoms. The highest BCUT2D eigenvalue weighted by molar-refractivity contribution is 5.93. The SMILES string of the molecule is CCCOc1ccc(C(F)(F)F)cc1NC(=O)COCC(F)(F)F. The van der Waals surface area contributed by atoms with Gasteiger partial charge < -0.3 is 14.8 Å². The topological polar surface area (TPSA) is 47.6 Å². The van der Waals surface area contributed by atoms with E-state index < -0.39 is 37.0 Å². The normalized spacial score (nSPS) is 12.1. The van der Waals surface area contributed by atoms with Gasteiger partial charge in [-0.2, -0.15) is 26.3 Å². The van der Waals surface area contributed by atoms with E-state index in [-0.39, 0.29) is 18.0 Å². The fourth-order valence-electron chi connectivity index (χ4n) is 1.59. The third-order valence-corrected chi connectivity index (χ3v) is 2.54. The van der Waals surface area contributed by atoms with Gasteiger partial charge in [0.15, 0.2) is 0 Å². The molecule has 0 aliphatic carbocycles. The highest BCUT2D eigenvalue weighted by atomic mass is 19.4. The van der Waals surface area contributed by atoms with Crippen molar-refractivity contribution in [1.29, 1.82) is 0 Å². The van der Waals surface area contributed by atoms with E-state index >= 15 is 0 Å². The minimum Gasteiger partial charge on any atom is -0.491 e. The van der Waals surface area contributed by atoms with Gasteiger partial charge in [0.2, 0.25) is 5.91 Å². The molecule has 1 aromatic carbocycles. The van der Waals surface area contributed by atoms with E-state index in [4.69, 9.17) is 4.74 Å². The van der Waals surface area contributed by atoms with Gasteiger partial charge in [0.1, 0.15) is 19.0 Å². The standard InChI is InChI=1S/C14H15F6NO3/c1-2-5-24-11-4-3-9(14(18,19)20)6-10(11)21-12(22)7-23-8-13(15,16)17/h3-4,6H,2,5,7-8H2,1H3,(H,21,22). The van der Waals surface area contributed by atoms with Crippen molar-refractivity contribution < 1.29 is 40.6 Å². The molecule has 0 aliphatic heterocycles. The number of ether oxygens (including phenoxy) is 2. The average molecular weight is 359 g/mol. The van der Waals surface area contributed by atoms with Crippen LogP contribution >= 0.6 is 0 Å². The summed E-state index contributed by atoms with van der Waals surface area (Å²) in [7, 11) is 0. The van der Waals surface area contributed by atoms with Crippen LogP contribution in [-0.2, 0) is 15.7 Å². The van der Waals surface area contributed by atoms with Gasteiger partial charge in [-0.15, -0.1) is 0 Å². The summed E-state index contributed by atoms with van der Waals surface area (Å²) in [6.07, 6.45) is -8.68. The minimum atomic E-state index is -4.64. The third kappa shape index (κ3) is 7.07. The number of anilines is 1. The predicted molar refractivity (Wildman–Crippen MR) is 72.7 cm³/mol. The lowest BCUT2D eigenvalue weighted by Gasteiger charge is -2.15. The number of rotatable bonds is 7. The lowest BCUT2D eigenvalue weighted by Crippen LogP contribution is -2.24. The molecule has 0 atom stereocenters. The van der Waals surface area contributed by atoms with E-state index in [1.807, 2.05) is 0 Å². The van der Waals surface area contributed by atoms with E-state index in [1.54, 1.807) is 6.92 Å². The summed E-state index contributed by atoms with van der Waals surface area (Å²) in [5.74, 6) is -1.05. The number of hydrogen-bond acceptors (Lipinski definition) is 3. The van der Waals surface area contributed by atoms with E-state index in [1.165, 1.54) is 0 Å². The van der Waals surface area contributed by atoms with Crippen LogP contribution < -0.4 is 10.1 Å². The second kappa shape index (κ2) is 8.22. The van der Waals surface area contributed by atoms with Crippen LogP contribution in [0.15, 0.2) is 18.2 Å². The Morgan fingerprint density at radius 3 is 2.38 bits per heavy atom. The predicted octanol–water partition coefficient (Wildman–Crippen LogP) is 4.01. The highest BCUT2D eigenvalue weighted by Crippen LogP contribution is 2.35. The van der Waals surface area contributed by atoms with Crippen molar-refractivity contribution >= 4 is 11.6 Å². The minimum absolute atomic E-state index is 0.0194. The fraction of sp³-hybridized carbons (Fsp3) is 0.500. The van der Waals surface area contributed by atoms with Gasteiger partial charge in [-0.3, -0.25) is 4.79 Å². The molecule has 1 N–H and O–H groups in total. The Hall–Kier alpha value is -1.97. The zero-order valence-corrected chi connectivity index (χ0v) is 12.6. The molecule has 24 heavy (non-hydrogen) atoms. The number of alkyl halides is 6. The average Bonchev–Trinajstić information content (AvgIpc) is 2.43. The second-order valence-corrected chi connectivity index (χ2v) is 4.71. The lowest BCUT2D eigenvalue weighted by atomic mass is 10.1. The van der Waals surface area contributed by atoms with Gasteiger partial charge in [0, 0.05) is 0 Å². The second-order valence-electron chi connectivity index (χ2n) is 4.71. The summed E-state index contributed by atoms with van der Waals surface area (Å²) in [6, 6.07) is 2.46. The smallest absolute Gasteiger partial charge is 0.416 e. The summed E-state index contributed by atoms with van der Waals surface area (Å²) in [4.78, 5) is 11.5. The quantitative estimate of drug-likeness (QED) is 0.749. The van der Waals surface area contributed by atoms with Crippen molar-refractivity contribution in [2.75, 3.05) is 25.1 Å². The Balaban J connectivity index is 2.83. The van der Waals surface area contributed by atoms with Crippen LogP contribution in [-0.4, -0.2) is 31.9 Å². The van der Waals surface area contributed by atoms with Gasteiger partial charge >= 0.3 is 12.4 Å². The van der Waals surface area contributed by atoms with E-state index in [0.717, 1.165) is 12.1 Å². The molecule has 10 heteroatoms. The van der Waals surface area contributed by atoms with Crippen LogP contribution in [0.3, 0.4) is 0 Å². The van der Waals surface area contributed by atoms with Crippen molar-refractivity contribution in [3.63, 3.8) is 0 Å². The zero-order chi connectivity index (χ0) is 18.4. The molecule has 0 saturated heterocycles. The summed E-state index contributed by atoms with van der Waals surface area (Å²) in [6.45, 7) is -0.628. The van der Waals surface area contributed by atoms with Crippen molar-refractivity contribution in [2.24, 2.45) is 0 Å². The molecular formula is C14H15F6NO3. The molecule has 0 aliphatic rings. The Kier molecular flexibility index (Phi) is 6.88. The Labute approximate surface area is 133 Å². The number of nitrogens with one attached hydrogen (secondary N) is 1. The van der Waals surface area contributed by atoms with Gasteiger partial charge in [-0.05, 0) is 24.6 Å². The molecule has 1 amide bonds. The maximum absolute atomic E-state index is 12.7.